The number of allylic oxidation sites excluding steroid dienone is 3. The summed E-state index contributed by atoms with van der Waals surface area (Å²) in [6.45, 7) is 1.80. The van der Waals surface area contributed by atoms with Crippen molar-refractivity contribution in [3.63, 3.8) is 0 Å². The summed E-state index contributed by atoms with van der Waals surface area (Å²) < 4.78 is 7.35. The van der Waals surface area contributed by atoms with Gasteiger partial charge in [0, 0.05) is 4.88 Å². The van der Waals surface area contributed by atoms with Crippen LogP contribution < -0.4 is 14.9 Å². The number of hydrogen-bond acceptors (Lipinski definition) is 6. The Hall–Kier alpha value is -2.25. The average molecular weight is 401 g/mol. The van der Waals surface area contributed by atoms with Crippen LogP contribution in [0.15, 0.2) is 50.7 Å². The molecule has 0 fully saturated rings. The van der Waals surface area contributed by atoms with Gasteiger partial charge in [-0.15, -0.1) is 11.3 Å². The molecule has 0 amide bonds. The number of carbonyl (C=O) groups is 1. The molecule has 0 N–H and O–H groups in total. The summed E-state index contributed by atoms with van der Waals surface area (Å²) in [6.07, 6.45) is 9.51. The van der Waals surface area contributed by atoms with Gasteiger partial charge in [0.15, 0.2) is 4.80 Å². The van der Waals surface area contributed by atoms with Gasteiger partial charge in [-0.3, -0.25) is 9.36 Å². The summed E-state index contributed by atoms with van der Waals surface area (Å²) in [5.41, 5.74) is 0.953. The Morgan fingerprint density at radius 3 is 2.93 bits per heavy atom. The monoisotopic (exact) mass is 400 g/mol. The molecule has 0 saturated carbocycles. The zero-order valence-corrected chi connectivity index (χ0v) is 16.8. The molecular formula is C20H20N2O3S2. The SMILES string of the molecule is COC(=O)C1=C(C)N=c2sc(=CC3CC=CCC3)c(=O)n2C1c1cccs1. The summed E-state index contributed by atoms with van der Waals surface area (Å²) in [4.78, 5) is 31.8. The molecule has 1 aliphatic heterocycles. The molecule has 0 bridgehead atoms. The third kappa shape index (κ3) is 3.26. The molecule has 140 valence electrons. The van der Waals surface area contributed by atoms with Crippen LogP contribution in [-0.2, 0) is 9.53 Å². The van der Waals surface area contributed by atoms with E-state index in [0.717, 1.165) is 24.1 Å². The van der Waals surface area contributed by atoms with Crippen LogP contribution in [0.25, 0.3) is 6.08 Å². The van der Waals surface area contributed by atoms with Gasteiger partial charge in [0.25, 0.3) is 5.56 Å². The Morgan fingerprint density at radius 1 is 1.41 bits per heavy atom. The molecule has 2 aromatic rings. The van der Waals surface area contributed by atoms with Crippen molar-refractivity contribution in [3.8, 4) is 0 Å². The first-order valence-corrected chi connectivity index (χ1v) is 10.6. The molecule has 0 saturated heterocycles. The number of aromatic nitrogens is 1. The minimum Gasteiger partial charge on any atom is -0.466 e. The van der Waals surface area contributed by atoms with Crippen LogP contribution in [-0.4, -0.2) is 17.6 Å². The lowest BCUT2D eigenvalue weighted by atomic mass is 9.94. The highest BCUT2D eigenvalue weighted by atomic mass is 32.1. The lowest BCUT2D eigenvalue weighted by molar-refractivity contribution is -0.136. The van der Waals surface area contributed by atoms with Gasteiger partial charge < -0.3 is 4.74 Å². The molecule has 7 heteroatoms. The first kappa shape index (κ1) is 18.1. The number of nitrogens with zero attached hydrogens (tertiary/aromatic N) is 2. The fraction of sp³-hybridized carbons (Fsp3) is 0.350. The van der Waals surface area contributed by atoms with E-state index in [1.165, 1.54) is 29.8 Å². The van der Waals surface area contributed by atoms with Crippen molar-refractivity contribution in [2.75, 3.05) is 7.11 Å². The maximum absolute atomic E-state index is 13.3. The van der Waals surface area contributed by atoms with E-state index in [4.69, 9.17) is 4.74 Å². The second kappa shape index (κ2) is 7.40. The van der Waals surface area contributed by atoms with E-state index in [1.807, 2.05) is 17.5 Å². The van der Waals surface area contributed by atoms with E-state index in [1.54, 1.807) is 11.5 Å². The molecular weight excluding hydrogens is 380 g/mol. The van der Waals surface area contributed by atoms with Gasteiger partial charge in [0.1, 0.15) is 6.04 Å². The molecule has 27 heavy (non-hydrogen) atoms. The molecule has 2 unspecified atom stereocenters. The first-order chi connectivity index (χ1) is 13.1. The summed E-state index contributed by atoms with van der Waals surface area (Å²) in [5, 5.41) is 1.95. The van der Waals surface area contributed by atoms with Crippen LogP contribution in [0.4, 0.5) is 0 Å². The Bertz CT molecular complexity index is 1100. The number of fused-ring (bicyclic) bond motifs is 1. The maximum Gasteiger partial charge on any atom is 0.338 e. The van der Waals surface area contributed by atoms with Crippen molar-refractivity contribution < 1.29 is 9.53 Å². The number of esters is 1. The third-order valence-corrected chi connectivity index (χ3v) is 6.86. The summed E-state index contributed by atoms with van der Waals surface area (Å²) in [6, 6.07) is 3.39. The number of ether oxygens (including phenoxy) is 1. The van der Waals surface area contributed by atoms with E-state index in [2.05, 4.69) is 23.2 Å². The van der Waals surface area contributed by atoms with Crippen molar-refractivity contribution in [1.29, 1.82) is 0 Å². The van der Waals surface area contributed by atoms with Crippen LogP contribution in [0.2, 0.25) is 0 Å². The Morgan fingerprint density at radius 2 is 2.26 bits per heavy atom. The van der Waals surface area contributed by atoms with Crippen molar-refractivity contribution in [1.82, 2.24) is 4.57 Å². The minimum absolute atomic E-state index is 0.0828. The molecule has 5 nitrogen and oxygen atoms in total. The number of thiazole rings is 1. The largest absolute Gasteiger partial charge is 0.466 e. The highest BCUT2D eigenvalue weighted by Gasteiger charge is 2.33. The molecule has 0 aromatic carbocycles. The first-order valence-electron chi connectivity index (χ1n) is 8.89. The highest BCUT2D eigenvalue weighted by molar-refractivity contribution is 7.10. The highest BCUT2D eigenvalue weighted by Crippen LogP contribution is 2.33. The quantitative estimate of drug-likeness (QED) is 0.588. The van der Waals surface area contributed by atoms with Gasteiger partial charge in [-0.2, -0.15) is 0 Å². The van der Waals surface area contributed by atoms with E-state index >= 15 is 0 Å². The molecule has 2 atom stereocenters. The molecule has 1 aliphatic carbocycles. The van der Waals surface area contributed by atoms with Gasteiger partial charge >= 0.3 is 5.97 Å². The predicted molar refractivity (Wildman–Crippen MR) is 107 cm³/mol. The van der Waals surface area contributed by atoms with Crippen LogP contribution in [0.3, 0.4) is 0 Å². The maximum atomic E-state index is 13.3. The second-order valence-electron chi connectivity index (χ2n) is 6.66. The lowest BCUT2D eigenvalue weighted by Gasteiger charge is -2.22. The molecule has 0 radical (unpaired) electrons. The lowest BCUT2D eigenvalue weighted by Crippen LogP contribution is -2.39. The summed E-state index contributed by atoms with van der Waals surface area (Å²) in [7, 11) is 1.36. The number of hydrogen-bond donors (Lipinski definition) is 0. The van der Waals surface area contributed by atoms with Gasteiger partial charge in [-0.25, -0.2) is 9.79 Å². The van der Waals surface area contributed by atoms with E-state index in [0.29, 0.717) is 26.5 Å². The van der Waals surface area contributed by atoms with E-state index in [-0.39, 0.29) is 5.56 Å². The van der Waals surface area contributed by atoms with Crippen molar-refractivity contribution in [2.24, 2.45) is 10.9 Å². The topological polar surface area (TPSA) is 60.7 Å². The number of rotatable bonds is 3. The smallest absolute Gasteiger partial charge is 0.338 e. The predicted octanol–water partition coefficient (Wildman–Crippen LogP) is 2.78. The van der Waals surface area contributed by atoms with Crippen LogP contribution in [0.1, 0.15) is 37.1 Å². The average Bonchev–Trinajstić information content (AvgIpc) is 3.30. The summed E-state index contributed by atoms with van der Waals surface area (Å²) in [5.74, 6) is -0.0703. The van der Waals surface area contributed by atoms with Crippen LogP contribution in [0.5, 0.6) is 0 Å². The van der Waals surface area contributed by atoms with Crippen molar-refractivity contribution >= 4 is 34.7 Å². The molecule has 0 spiro atoms. The minimum atomic E-state index is -0.484. The zero-order chi connectivity index (χ0) is 19.0. The van der Waals surface area contributed by atoms with E-state index < -0.39 is 12.0 Å². The normalized spacial score (nSPS) is 22.5. The Balaban J connectivity index is 1.91. The number of methoxy groups -OCH3 is 1. The standard InChI is InChI=1S/C20H20N2O3S2/c1-12-16(19(24)25-2)17(14-9-6-10-26-14)22-18(23)15(27-20(22)21-12)11-13-7-4-3-5-8-13/h3-4,6,9-11,13,17H,5,7-8H2,1-2H3. The van der Waals surface area contributed by atoms with Crippen LogP contribution in [0, 0.1) is 5.92 Å². The number of thiophene rings is 1. The fourth-order valence-electron chi connectivity index (χ4n) is 3.61. The zero-order valence-electron chi connectivity index (χ0n) is 15.2. The van der Waals surface area contributed by atoms with Gasteiger partial charge in [-0.05, 0) is 43.6 Å². The van der Waals surface area contributed by atoms with E-state index in [9.17, 15) is 9.59 Å². The van der Waals surface area contributed by atoms with Crippen molar-refractivity contribution in [2.45, 2.75) is 32.2 Å². The number of carbonyl (C=O) groups excluding carboxylic acids is 1. The molecule has 3 heterocycles. The summed E-state index contributed by atoms with van der Waals surface area (Å²) >= 11 is 2.93. The van der Waals surface area contributed by atoms with Crippen LogP contribution >= 0.6 is 22.7 Å². The van der Waals surface area contributed by atoms with Gasteiger partial charge in [-0.1, -0.05) is 35.6 Å². The molecule has 2 aromatic heterocycles. The van der Waals surface area contributed by atoms with Gasteiger partial charge in [0.2, 0.25) is 0 Å². The molecule has 2 aliphatic rings. The Labute approximate surface area is 164 Å². The third-order valence-electron chi connectivity index (χ3n) is 4.94. The van der Waals surface area contributed by atoms with Gasteiger partial charge in [0.05, 0.1) is 22.9 Å². The Kier molecular flexibility index (Phi) is 4.97. The van der Waals surface area contributed by atoms with Crippen molar-refractivity contribution in [3.05, 3.63) is 65.5 Å². The second-order valence-corrected chi connectivity index (χ2v) is 8.64. The fourth-order valence-corrected chi connectivity index (χ4v) is 5.54. The molecule has 4 rings (SSSR count).